The maximum Gasteiger partial charge on any atom is 0.286 e. The lowest BCUT2D eigenvalue weighted by Gasteiger charge is -2.23. The number of nitrogens with one attached hydrogen (secondary N) is 3. The van der Waals surface area contributed by atoms with Gasteiger partial charge in [-0.1, -0.05) is 32.0 Å². The summed E-state index contributed by atoms with van der Waals surface area (Å²) in [4.78, 5) is 41.5. The number of hydrazine groups is 1. The fraction of sp³-hybridized carbons (Fsp3) is 0.350. The quantitative estimate of drug-likeness (QED) is 0.615. The average Bonchev–Trinajstić information content (AvgIpc) is 3.31. The fourth-order valence-electron chi connectivity index (χ4n) is 3.27. The Morgan fingerprint density at radius 1 is 1.32 bits per heavy atom. The zero-order valence-corrected chi connectivity index (χ0v) is 17.4. The van der Waals surface area contributed by atoms with E-state index in [1.54, 1.807) is 17.2 Å². The number of hydrogen-bond acceptors (Lipinski definition) is 3. The summed E-state index contributed by atoms with van der Waals surface area (Å²) in [5.41, 5.74) is 7.08. The number of hydrogen-bond donors (Lipinski definition) is 3. The molecule has 1 aliphatic rings. The fourth-order valence-corrected chi connectivity index (χ4v) is 3.62. The lowest BCUT2D eigenvalue weighted by atomic mass is 9.96. The first-order valence-electron chi connectivity index (χ1n) is 9.24. The predicted octanol–water partition coefficient (Wildman–Crippen LogP) is 3.10. The van der Waals surface area contributed by atoms with Crippen molar-refractivity contribution in [1.29, 1.82) is 0 Å². The molecular formula is C20H23BrN4O3. The van der Waals surface area contributed by atoms with Crippen LogP contribution in [0, 0.1) is 5.92 Å². The second kappa shape index (κ2) is 8.60. The van der Waals surface area contributed by atoms with Gasteiger partial charge < -0.3 is 9.88 Å². The Labute approximate surface area is 172 Å². The summed E-state index contributed by atoms with van der Waals surface area (Å²) in [7, 11) is 0. The molecule has 3 N–H and O–H groups in total. The SMILES string of the molecule is CCC(C)c1ccccc1N1CC(C(=O)NNC(=O)c2cc(Br)c[nH]2)CC1=O. The van der Waals surface area contributed by atoms with E-state index in [2.05, 4.69) is 45.6 Å². The maximum atomic E-state index is 12.6. The van der Waals surface area contributed by atoms with Crippen LogP contribution >= 0.6 is 15.9 Å². The van der Waals surface area contributed by atoms with E-state index >= 15 is 0 Å². The molecule has 8 heteroatoms. The minimum absolute atomic E-state index is 0.0875. The van der Waals surface area contributed by atoms with Gasteiger partial charge in [-0.2, -0.15) is 0 Å². The van der Waals surface area contributed by atoms with Gasteiger partial charge >= 0.3 is 0 Å². The Bertz CT molecular complexity index is 895. The molecule has 0 bridgehead atoms. The Hall–Kier alpha value is -2.61. The van der Waals surface area contributed by atoms with Crippen molar-refractivity contribution in [2.75, 3.05) is 11.4 Å². The van der Waals surface area contributed by atoms with E-state index in [-0.39, 0.29) is 18.2 Å². The lowest BCUT2D eigenvalue weighted by molar-refractivity contribution is -0.126. The Balaban J connectivity index is 1.64. The molecular weight excluding hydrogens is 424 g/mol. The van der Waals surface area contributed by atoms with E-state index in [1.165, 1.54) is 0 Å². The Morgan fingerprint density at radius 3 is 2.75 bits per heavy atom. The number of aromatic nitrogens is 1. The summed E-state index contributed by atoms with van der Waals surface area (Å²) in [6.07, 6.45) is 2.70. The number of nitrogens with zero attached hydrogens (tertiary/aromatic N) is 1. The van der Waals surface area contributed by atoms with Gasteiger partial charge in [0.2, 0.25) is 11.8 Å². The van der Waals surface area contributed by atoms with Crippen molar-refractivity contribution >= 4 is 39.3 Å². The second-order valence-electron chi connectivity index (χ2n) is 6.95. The molecule has 2 unspecified atom stereocenters. The van der Waals surface area contributed by atoms with E-state index in [4.69, 9.17) is 0 Å². The van der Waals surface area contributed by atoms with Gasteiger partial charge in [0, 0.05) is 29.3 Å². The highest BCUT2D eigenvalue weighted by Gasteiger charge is 2.36. The van der Waals surface area contributed by atoms with Crippen LogP contribution in [0.15, 0.2) is 41.0 Å². The normalized spacial score (nSPS) is 17.5. The average molecular weight is 447 g/mol. The highest BCUT2D eigenvalue weighted by Crippen LogP contribution is 2.33. The molecule has 1 fully saturated rings. The number of aromatic amines is 1. The van der Waals surface area contributed by atoms with Crippen molar-refractivity contribution in [3.63, 3.8) is 0 Å². The lowest BCUT2D eigenvalue weighted by Crippen LogP contribution is -2.45. The van der Waals surface area contributed by atoms with Crippen molar-refractivity contribution in [2.45, 2.75) is 32.6 Å². The molecule has 3 rings (SSSR count). The highest BCUT2D eigenvalue weighted by molar-refractivity contribution is 9.10. The maximum absolute atomic E-state index is 12.6. The van der Waals surface area contributed by atoms with Crippen LogP contribution in [0.25, 0.3) is 0 Å². The molecule has 28 heavy (non-hydrogen) atoms. The van der Waals surface area contributed by atoms with Crippen LogP contribution in [0.2, 0.25) is 0 Å². The Morgan fingerprint density at radius 2 is 2.07 bits per heavy atom. The molecule has 3 amide bonds. The Kier molecular flexibility index (Phi) is 6.18. The van der Waals surface area contributed by atoms with Crippen LogP contribution in [-0.4, -0.2) is 29.3 Å². The molecule has 148 valence electrons. The van der Waals surface area contributed by atoms with Gasteiger partial charge in [-0.15, -0.1) is 0 Å². The number of para-hydroxylation sites is 1. The summed E-state index contributed by atoms with van der Waals surface area (Å²) in [5, 5.41) is 0. The van der Waals surface area contributed by atoms with Crippen LogP contribution in [-0.2, 0) is 9.59 Å². The van der Waals surface area contributed by atoms with Gasteiger partial charge in [0.25, 0.3) is 5.91 Å². The molecule has 0 aliphatic carbocycles. The zero-order valence-electron chi connectivity index (χ0n) is 15.8. The van der Waals surface area contributed by atoms with E-state index < -0.39 is 11.8 Å². The van der Waals surface area contributed by atoms with Crippen LogP contribution in [0.5, 0.6) is 0 Å². The number of carbonyl (C=O) groups is 3. The molecule has 0 radical (unpaired) electrons. The first-order valence-corrected chi connectivity index (χ1v) is 10.0. The van der Waals surface area contributed by atoms with Crippen LogP contribution in [0.3, 0.4) is 0 Å². The molecule has 0 saturated carbocycles. The topological polar surface area (TPSA) is 94.3 Å². The standard InChI is InChI=1S/C20H23BrN4O3/c1-3-12(2)15-6-4-5-7-17(15)25-11-13(8-18(25)26)19(27)23-24-20(28)16-9-14(21)10-22-16/h4-7,9-10,12-13,22H,3,8,11H2,1-2H3,(H,23,27)(H,24,28). The molecule has 2 aromatic rings. The van der Waals surface area contributed by atoms with E-state index in [0.717, 1.165) is 22.1 Å². The first kappa shape index (κ1) is 20.1. The second-order valence-corrected chi connectivity index (χ2v) is 7.86. The minimum atomic E-state index is -0.520. The summed E-state index contributed by atoms with van der Waals surface area (Å²) in [6, 6.07) is 9.42. The molecule has 1 aliphatic heterocycles. The van der Waals surface area contributed by atoms with Gasteiger partial charge in [0.05, 0.1) is 5.92 Å². The molecule has 1 aromatic carbocycles. The van der Waals surface area contributed by atoms with Crippen LogP contribution < -0.4 is 15.8 Å². The van der Waals surface area contributed by atoms with Gasteiger partial charge in [-0.25, -0.2) is 0 Å². The van der Waals surface area contributed by atoms with Crippen LogP contribution in [0.1, 0.15) is 48.7 Å². The number of anilines is 1. The monoisotopic (exact) mass is 446 g/mol. The molecule has 2 heterocycles. The summed E-state index contributed by atoms with van der Waals surface area (Å²) < 4.78 is 0.737. The predicted molar refractivity (Wildman–Crippen MR) is 110 cm³/mol. The largest absolute Gasteiger partial charge is 0.356 e. The minimum Gasteiger partial charge on any atom is -0.356 e. The first-order chi connectivity index (χ1) is 13.4. The highest BCUT2D eigenvalue weighted by atomic mass is 79.9. The zero-order chi connectivity index (χ0) is 20.3. The van der Waals surface area contributed by atoms with Gasteiger partial charge in [0.15, 0.2) is 0 Å². The third kappa shape index (κ3) is 4.27. The van der Waals surface area contributed by atoms with Gasteiger partial charge in [0.1, 0.15) is 5.69 Å². The smallest absolute Gasteiger partial charge is 0.286 e. The van der Waals surface area contributed by atoms with Gasteiger partial charge in [-0.3, -0.25) is 25.2 Å². The van der Waals surface area contributed by atoms with Crippen molar-refractivity contribution < 1.29 is 14.4 Å². The third-order valence-corrected chi connectivity index (χ3v) is 5.52. The van der Waals surface area contributed by atoms with Crippen molar-refractivity contribution in [2.24, 2.45) is 5.92 Å². The molecule has 1 aromatic heterocycles. The third-order valence-electron chi connectivity index (χ3n) is 5.06. The molecule has 2 atom stereocenters. The van der Waals surface area contributed by atoms with E-state index in [9.17, 15) is 14.4 Å². The van der Waals surface area contributed by atoms with E-state index in [1.807, 2.05) is 24.3 Å². The summed E-state index contributed by atoms with van der Waals surface area (Å²) >= 11 is 3.25. The number of rotatable bonds is 5. The molecule has 1 saturated heterocycles. The molecule has 7 nitrogen and oxygen atoms in total. The van der Waals surface area contributed by atoms with Crippen LogP contribution in [0.4, 0.5) is 5.69 Å². The van der Waals surface area contributed by atoms with Crippen molar-refractivity contribution in [3.8, 4) is 0 Å². The number of carbonyl (C=O) groups excluding carboxylic acids is 3. The number of benzene rings is 1. The number of H-pyrrole nitrogens is 1. The molecule has 0 spiro atoms. The van der Waals surface area contributed by atoms with Crippen molar-refractivity contribution in [3.05, 3.63) is 52.3 Å². The summed E-state index contributed by atoms with van der Waals surface area (Å²) in [6.45, 7) is 4.52. The summed E-state index contributed by atoms with van der Waals surface area (Å²) in [5.74, 6) is -1.13. The van der Waals surface area contributed by atoms with Crippen molar-refractivity contribution in [1.82, 2.24) is 15.8 Å². The number of halogens is 1. The van der Waals surface area contributed by atoms with Gasteiger partial charge in [-0.05, 0) is 46.0 Å². The van der Waals surface area contributed by atoms with E-state index in [0.29, 0.717) is 18.2 Å². The number of amides is 3.